The van der Waals surface area contributed by atoms with Gasteiger partial charge in [0.25, 0.3) is 5.91 Å². The van der Waals surface area contributed by atoms with E-state index in [-0.39, 0.29) is 15.4 Å². The largest absolute Gasteiger partial charge is 0.378 e. The minimum Gasteiger partial charge on any atom is -0.378 e. The van der Waals surface area contributed by atoms with Crippen LogP contribution in [0.4, 0.5) is 5.69 Å². The minimum atomic E-state index is -3.73. The second-order valence-electron chi connectivity index (χ2n) is 8.10. The maximum Gasteiger partial charge on any atom is 0.253 e. The van der Waals surface area contributed by atoms with Gasteiger partial charge in [0.05, 0.1) is 34.6 Å². The Kier molecular flexibility index (Phi) is 7.47. The van der Waals surface area contributed by atoms with Gasteiger partial charge in [-0.1, -0.05) is 12.1 Å². The lowest BCUT2D eigenvalue weighted by molar-refractivity contribution is 0.0938. The van der Waals surface area contributed by atoms with E-state index in [1.54, 1.807) is 25.1 Å². The quantitative estimate of drug-likeness (QED) is 0.622. The molecule has 1 N–H and O–H groups in total. The van der Waals surface area contributed by atoms with Crippen LogP contribution in [0.5, 0.6) is 0 Å². The smallest absolute Gasteiger partial charge is 0.253 e. The molecule has 0 saturated carbocycles. The van der Waals surface area contributed by atoms with Crippen molar-refractivity contribution >= 4 is 31.5 Å². The zero-order valence-corrected chi connectivity index (χ0v) is 20.7. The van der Waals surface area contributed by atoms with E-state index in [4.69, 9.17) is 4.74 Å². The van der Waals surface area contributed by atoms with E-state index in [1.807, 2.05) is 4.90 Å². The molecule has 1 fully saturated rings. The number of nitrogens with one attached hydrogen (secondary N) is 1. The van der Waals surface area contributed by atoms with Crippen LogP contribution in [0.2, 0.25) is 0 Å². The Bertz CT molecular complexity index is 1220. The fourth-order valence-corrected chi connectivity index (χ4v) is 5.07. The van der Waals surface area contributed by atoms with Gasteiger partial charge >= 0.3 is 0 Å². The first-order chi connectivity index (χ1) is 15.4. The molecule has 1 amide bonds. The van der Waals surface area contributed by atoms with Crippen LogP contribution < -0.4 is 10.2 Å². The fourth-order valence-electron chi connectivity index (χ4n) is 3.51. The molecule has 1 aliphatic rings. The van der Waals surface area contributed by atoms with E-state index >= 15 is 0 Å². The minimum absolute atomic E-state index is 0.0276. The number of carbonyl (C=O) groups excluding carboxylic acids is 1. The number of benzene rings is 2. The predicted molar refractivity (Wildman–Crippen MR) is 126 cm³/mol. The van der Waals surface area contributed by atoms with E-state index in [9.17, 15) is 21.6 Å². The molecular formula is C22H29N3O6S2. The van der Waals surface area contributed by atoms with Gasteiger partial charge in [-0.25, -0.2) is 21.1 Å². The first-order valence-corrected chi connectivity index (χ1v) is 13.7. The summed E-state index contributed by atoms with van der Waals surface area (Å²) in [5.74, 6) is -0.424. The van der Waals surface area contributed by atoms with Crippen molar-refractivity contribution in [2.75, 3.05) is 51.6 Å². The van der Waals surface area contributed by atoms with Gasteiger partial charge in [-0.2, -0.15) is 0 Å². The van der Waals surface area contributed by atoms with Crippen LogP contribution >= 0.6 is 0 Å². The molecule has 33 heavy (non-hydrogen) atoms. The molecule has 9 nitrogen and oxygen atoms in total. The van der Waals surface area contributed by atoms with Crippen LogP contribution in [0.3, 0.4) is 0 Å². The molecular weight excluding hydrogens is 466 g/mol. The summed E-state index contributed by atoms with van der Waals surface area (Å²) in [7, 11) is -4.17. The first kappa shape index (κ1) is 25.2. The van der Waals surface area contributed by atoms with Gasteiger partial charge in [0.2, 0.25) is 10.0 Å². The normalized spacial score (nSPS) is 16.0. The summed E-state index contributed by atoms with van der Waals surface area (Å²) in [5, 5.41) is 2.90. The summed E-state index contributed by atoms with van der Waals surface area (Å²) in [4.78, 5) is 15.5. The van der Waals surface area contributed by atoms with Crippen molar-refractivity contribution in [3.63, 3.8) is 0 Å². The lowest BCUT2D eigenvalue weighted by atomic mass is 10.1. The SMILES string of the molecule is C[C@@H](NC(=O)c1cc(S(=O)(=O)N(C)C)ccc1N1CCOCC1)c1ccc(S(C)(=O)=O)cc1. The van der Waals surface area contributed by atoms with E-state index in [1.165, 1.54) is 38.4 Å². The van der Waals surface area contributed by atoms with Crippen molar-refractivity contribution in [2.45, 2.75) is 22.8 Å². The first-order valence-electron chi connectivity index (χ1n) is 10.4. The zero-order valence-electron chi connectivity index (χ0n) is 19.1. The predicted octanol–water partition coefficient (Wildman–Crippen LogP) is 1.67. The van der Waals surface area contributed by atoms with Gasteiger partial charge in [0.15, 0.2) is 9.84 Å². The van der Waals surface area contributed by atoms with E-state index in [0.29, 0.717) is 32.0 Å². The molecule has 180 valence electrons. The van der Waals surface area contributed by atoms with Crippen LogP contribution in [-0.2, 0) is 24.6 Å². The number of carbonyl (C=O) groups is 1. The Labute approximate surface area is 195 Å². The van der Waals surface area contributed by atoms with Gasteiger partial charge in [0, 0.05) is 39.1 Å². The summed E-state index contributed by atoms with van der Waals surface area (Å²) >= 11 is 0. The summed E-state index contributed by atoms with van der Waals surface area (Å²) in [5.41, 5.74) is 1.60. The zero-order chi connectivity index (χ0) is 24.4. The number of amides is 1. The molecule has 2 aromatic rings. The summed E-state index contributed by atoms with van der Waals surface area (Å²) in [6.07, 6.45) is 1.13. The number of sulfone groups is 1. The second-order valence-corrected chi connectivity index (χ2v) is 12.3. The van der Waals surface area contributed by atoms with Crippen molar-refractivity contribution < 1.29 is 26.4 Å². The van der Waals surface area contributed by atoms with Crippen LogP contribution in [0, 0.1) is 0 Å². The molecule has 1 aliphatic heterocycles. The van der Waals surface area contributed by atoms with Crippen molar-refractivity contribution in [3.8, 4) is 0 Å². The molecule has 1 heterocycles. The third-order valence-electron chi connectivity index (χ3n) is 5.50. The molecule has 1 saturated heterocycles. The molecule has 0 aliphatic carbocycles. The van der Waals surface area contributed by atoms with E-state index in [0.717, 1.165) is 16.1 Å². The van der Waals surface area contributed by atoms with Crippen molar-refractivity contribution in [1.82, 2.24) is 9.62 Å². The highest BCUT2D eigenvalue weighted by atomic mass is 32.2. The standard InChI is InChI=1S/C22H29N3O6S2/c1-16(17-5-7-18(8-6-17)32(4,27)28)23-22(26)20-15-19(33(29,30)24(2)3)9-10-21(20)25-11-13-31-14-12-25/h5-10,15-16H,11-14H2,1-4H3,(H,23,26)/t16-/m1/s1. The van der Waals surface area contributed by atoms with Crippen LogP contribution in [0.15, 0.2) is 52.3 Å². The van der Waals surface area contributed by atoms with Gasteiger partial charge in [-0.05, 0) is 42.8 Å². The number of rotatable bonds is 7. The Hall–Kier alpha value is -2.47. The molecule has 0 spiro atoms. The highest BCUT2D eigenvalue weighted by Gasteiger charge is 2.25. The molecule has 11 heteroatoms. The summed E-state index contributed by atoms with van der Waals surface area (Å²) in [6, 6.07) is 10.4. The maximum atomic E-state index is 13.3. The average Bonchev–Trinajstić information content (AvgIpc) is 2.78. The molecule has 2 aromatic carbocycles. The highest BCUT2D eigenvalue weighted by Crippen LogP contribution is 2.27. The molecule has 0 radical (unpaired) electrons. The number of hydrogen-bond donors (Lipinski definition) is 1. The van der Waals surface area contributed by atoms with Crippen molar-refractivity contribution in [2.24, 2.45) is 0 Å². The molecule has 3 rings (SSSR count). The fraction of sp³-hybridized carbons (Fsp3) is 0.409. The third kappa shape index (κ3) is 5.72. The van der Waals surface area contributed by atoms with Crippen LogP contribution in [-0.4, -0.2) is 73.7 Å². The summed E-state index contributed by atoms with van der Waals surface area (Å²) in [6.45, 7) is 3.98. The lowest BCUT2D eigenvalue weighted by Crippen LogP contribution is -2.38. The third-order valence-corrected chi connectivity index (χ3v) is 8.44. The van der Waals surface area contributed by atoms with Crippen molar-refractivity contribution in [1.29, 1.82) is 0 Å². The van der Waals surface area contributed by atoms with Crippen LogP contribution in [0.1, 0.15) is 28.9 Å². The number of hydrogen-bond acceptors (Lipinski definition) is 7. The van der Waals surface area contributed by atoms with Gasteiger partial charge in [0.1, 0.15) is 0 Å². The molecule has 0 bridgehead atoms. The molecule has 1 atom stereocenters. The molecule has 0 aromatic heterocycles. The Balaban J connectivity index is 1.93. The summed E-state index contributed by atoms with van der Waals surface area (Å²) < 4.78 is 55.2. The van der Waals surface area contributed by atoms with Crippen LogP contribution in [0.25, 0.3) is 0 Å². The Morgan fingerprint density at radius 1 is 1.00 bits per heavy atom. The maximum absolute atomic E-state index is 13.3. The highest BCUT2D eigenvalue weighted by molar-refractivity contribution is 7.90. The van der Waals surface area contributed by atoms with E-state index < -0.39 is 31.8 Å². The molecule has 0 unspecified atom stereocenters. The number of sulfonamides is 1. The average molecular weight is 496 g/mol. The Morgan fingerprint density at radius 2 is 1.58 bits per heavy atom. The van der Waals surface area contributed by atoms with E-state index in [2.05, 4.69) is 5.32 Å². The number of morpholine rings is 1. The number of ether oxygens (including phenoxy) is 1. The number of nitrogens with zero attached hydrogens (tertiary/aromatic N) is 2. The second kappa shape index (κ2) is 9.80. The monoisotopic (exact) mass is 495 g/mol. The van der Waals surface area contributed by atoms with Gasteiger partial charge in [-0.3, -0.25) is 4.79 Å². The van der Waals surface area contributed by atoms with Gasteiger partial charge < -0.3 is 15.0 Å². The Morgan fingerprint density at radius 3 is 2.12 bits per heavy atom. The number of anilines is 1. The lowest BCUT2D eigenvalue weighted by Gasteiger charge is -2.31. The topological polar surface area (TPSA) is 113 Å². The van der Waals surface area contributed by atoms with Gasteiger partial charge in [-0.15, -0.1) is 0 Å². The van der Waals surface area contributed by atoms with Crippen molar-refractivity contribution in [3.05, 3.63) is 53.6 Å².